The van der Waals surface area contributed by atoms with Crippen LogP contribution in [-0.2, 0) is 9.59 Å². The van der Waals surface area contributed by atoms with Crippen LogP contribution < -0.4 is 5.32 Å². The van der Waals surface area contributed by atoms with Crippen LogP contribution in [0.15, 0.2) is 0 Å². The molecule has 26 heavy (non-hydrogen) atoms. The normalized spacial score (nSPS) is 12.8. The van der Waals surface area contributed by atoms with Gasteiger partial charge in [-0.2, -0.15) is 0 Å². The second kappa shape index (κ2) is 15.0. The molecule has 1 unspecified atom stereocenters. The van der Waals surface area contributed by atoms with Gasteiger partial charge in [-0.05, 0) is 19.3 Å². The van der Waals surface area contributed by atoms with Crippen molar-refractivity contribution in [3.05, 3.63) is 0 Å². The molecule has 2 N–H and O–H groups in total. The van der Waals surface area contributed by atoms with Gasteiger partial charge < -0.3 is 14.9 Å². The van der Waals surface area contributed by atoms with Crippen molar-refractivity contribution < 1.29 is 19.2 Å². The molecular formula is C21H43N2O3+. The average molecular weight is 372 g/mol. The monoisotopic (exact) mass is 371 g/mol. The molecule has 154 valence electrons. The summed E-state index contributed by atoms with van der Waals surface area (Å²) < 4.78 is 0.431. The number of quaternary nitrogens is 1. The van der Waals surface area contributed by atoms with Crippen LogP contribution in [-0.4, -0.2) is 55.2 Å². The minimum Gasteiger partial charge on any atom is -0.477 e. The summed E-state index contributed by atoms with van der Waals surface area (Å²) in [5, 5.41) is 12.2. The number of carbonyl (C=O) groups excluding carboxylic acids is 1. The van der Waals surface area contributed by atoms with E-state index in [-0.39, 0.29) is 11.9 Å². The van der Waals surface area contributed by atoms with Crippen LogP contribution in [0.4, 0.5) is 0 Å². The van der Waals surface area contributed by atoms with Gasteiger partial charge in [0, 0.05) is 19.4 Å². The molecule has 1 atom stereocenters. The van der Waals surface area contributed by atoms with Gasteiger partial charge in [-0.1, -0.05) is 58.3 Å². The first kappa shape index (κ1) is 24.9. The molecule has 0 saturated carbocycles. The zero-order valence-electron chi connectivity index (χ0n) is 17.7. The van der Waals surface area contributed by atoms with Crippen molar-refractivity contribution in [2.24, 2.45) is 0 Å². The molecule has 0 rings (SSSR count). The topological polar surface area (TPSA) is 66.4 Å². The van der Waals surface area contributed by atoms with Gasteiger partial charge in [-0.15, -0.1) is 0 Å². The van der Waals surface area contributed by atoms with Crippen LogP contribution in [0.1, 0.15) is 90.4 Å². The Morgan fingerprint density at radius 1 is 0.846 bits per heavy atom. The standard InChI is InChI=1S/C21H42N2O3/c1-5-6-7-8-9-10-11-12-13-17-20(24)22-18-15-14-16-19(21(25)26)23(2,3)4/h19H,5-18H2,1-4H3,(H-,22,24,25,26)/p+1. The number of nitrogens with one attached hydrogen (secondary N) is 1. The number of rotatable bonds is 17. The molecule has 0 spiro atoms. The van der Waals surface area contributed by atoms with E-state index < -0.39 is 5.97 Å². The van der Waals surface area contributed by atoms with Crippen LogP contribution in [0, 0.1) is 0 Å². The summed E-state index contributed by atoms with van der Waals surface area (Å²) in [7, 11) is 5.73. The second-order valence-electron chi connectivity index (χ2n) is 8.39. The molecule has 0 saturated heterocycles. The highest BCUT2D eigenvalue weighted by atomic mass is 16.4. The molecule has 5 heteroatoms. The Balaban J connectivity index is 3.53. The van der Waals surface area contributed by atoms with E-state index in [9.17, 15) is 14.7 Å². The molecule has 0 aromatic carbocycles. The van der Waals surface area contributed by atoms with Crippen LogP contribution in [0.25, 0.3) is 0 Å². The average Bonchev–Trinajstić information content (AvgIpc) is 2.54. The summed E-state index contributed by atoms with van der Waals surface area (Å²) >= 11 is 0. The molecule has 0 aliphatic heterocycles. The minimum absolute atomic E-state index is 0.134. The van der Waals surface area contributed by atoms with Gasteiger partial charge in [-0.25, -0.2) is 4.79 Å². The van der Waals surface area contributed by atoms with Gasteiger partial charge in [0.2, 0.25) is 5.91 Å². The van der Waals surface area contributed by atoms with Crippen molar-refractivity contribution in [1.29, 1.82) is 0 Å². The maximum Gasteiger partial charge on any atom is 0.362 e. The van der Waals surface area contributed by atoms with Gasteiger partial charge in [0.05, 0.1) is 21.1 Å². The summed E-state index contributed by atoms with van der Waals surface area (Å²) in [6.07, 6.45) is 14.3. The van der Waals surface area contributed by atoms with Crippen molar-refractivity contribution >= 4 is 11.9 Å². The molecular weight excluding hydrogens is 328 g/mol. The van der Waals surface area contributed by atoms with Crippen molar-refractivity contribution in [3.63, 3.8) is 0 Å². The molecule has 0 radical (unpaired) electrons. The maximum atomic E-state index is 11.8. The Labute approximate surface area is 161 Å². The van der Waals surface area contributed by atoms with E-state index in [4.69, 9.17) is 0 Å². The van der Waals surface area contributed by atoms with E-state index in [1.807, 2.05) is 21.1 Å². The fourth-order valence-electron chi connectivity index (χ4n) is 3.22. The van der Waals surface area contributed by atoms with Crippen LogP contribution in [0.5, 0.6) is 0 Å². The second-order valence-corrected chi connectivity index (χ2v) is 8.39. The summed E-state index contributed by atoms with van der Waals surface area (Å²) in [5.41, 5.74) is 0. The Hall–Kier alpha value is -1.10. The summed E-state index contributed by atoms with van der Waals surface area (Å²) in [5.74, 6) is -0.610. The van der Waals surface area contributed by atoms with E-state index in [0.29, 0.717) is 23.9 Å². The molecule has 0 aliphatic rings. The zero-order chi connectivity index (χ0) is 19.8. The Bertz CT molecular complexity index is 378. The molecule has 0 aliphatic carbocycles. The van der Waals surface area contributed by atoms with Gasteiger partial charge >= 0.3 is 5.97 Å². The number of unbranched alkanes of at least 4 members (excludes halogenated alkanes) is 9. The first-order chi connectivity index (χ1) is 12.3. The predicted molar refractivity (Wildman–Crippen MR) is 108 cm³/mol. The van der Waals surface area contributed by atoms with Crippen LogP contribution in [0.2, 0.25) is 0 Å². The number of hydrogen-bond acceptors (Lipinski definition) is 2. The summed E-state index contributed by atoms with van der Waals surface area (Å²) in [4.78, 5) is 23.1. The quantitative estimate of drug-likeness (QED) is 0.295. The number of carbonyl (C=O) groups is 2. The van der Waals surface area contributed by atoms with E-state index >= 15 is 0 Å². The third-order valence-electron chi connectivity index (χ3n) is 4.95. The fourth-order valence-corrected chi connectivity index (χ4v) is 3.22. The molecule has 0 aromatic heterocycles. The summed E-state index contributed by atoms with van der Waals surface area (Å²) in [6.45, 7) is 2.89. The Kier molecular flexibility index (Phi) is 14.4. The van der Waals surface area contributed by atoms with E-state index in [0.717, 1.165) is 25.7 Å². The number of amides is 1. The van der Waals surface area contributed by atoms with E-state index in [2.05, 4.69) is 12.2 Å². The smallest absolute Gasteiger partial charge is 0.362 e. The van der Waals surface area contributed by atoms with Gasteiger partial charge in [0.1, 0.15) is 0 Å². The lowest BCUT2D eigenvalue weighted by molar-refractivity contribution is -0.887. The highest BCUT2D eigenvalue weighted by Gasteiger charge is 2.30. The largest absolute Gasteiger partial charge is 0.477 e. The van der Waals surface area contributed by atoms with Crippen LogP contribution in [0.3, 0.4) is 0 Å². The first-order valence-corrected chi connectivity index (χ1v) is 10.6. The third kappa shape index (κ3) is 14.1. The third-order valence-corrected chi connectivity index (χ3v) is 4.95. The van der Waals surface area contributed by atoms with E-state index in [1.165, 1.54) is 44.9 Å². The number of carboxylic acid groups (broad SMARTS) is 1. The van der Waals surface area contributed by atoms with Crippen molar-refractivity contribution in [3.8, 4) is 0 Å². The lowest BCUT2D eigenvalue weighted by Crippen LogP contribution is -2.49. The lowest BCUT2D eigenvalue weighted by Gasteiger charge is -2.31. The Morgan fingerprint density at radius 3 is 1.88 bits per heavy atom. The zero-order valence-corrected chi connectivity index (χ0v) is 17.7. The molecule has 0 aromatic rings. The number of nitrogens with zero attached hydrogens (tertiary/aromatic N) is 1. The summed E-state index contributed by atoms with van der Waals surface area (Å²) in [6, 6.07) is -0.382. The highest BCUT2D eigenvalue weighted by Crippen LogP contribution is 2.12. The molecule has 1 amide bonds. The maximum absolute atomic E-state index is 11.8. The molecule has 0 heterocycles. The first-order valence-electron chi connectivity index (χ1n) is 10.6. The van der Waals surface area contributed by atoms with E-state index in [1.54, 1.807) is 0 Å². The van der Waals surface area contributed by atoms with Crippen LogP contribution >= 0.6 is 0 Å². The van der Waals surface area contributed by atoms with Crippen molar-refractivity contribution in [2.75, 3.05) is 27.7 Å². The van der Waals surface area contributed by atoms with Gasteiger partial charge in [0.25, 0.3) is 0 Å². The number of aliphatic carboxylic acids is 1. The number of carboxylic acids is 1. The number of hydrogen-bond donors (Lipinski definition) is 2. The lowest BCUT2D eigenvalue weighted by atomic mass is 10.1. The fraction of sp³-hybridized carbons (Fsp3) is 0.905. The van der Waals surface area contributed by atoms with Gasteiger partial charge in [0.15, 0.2) is 6.04 Å². The highest BCUT2D eigenvalue weighted by molar-refractivity contribution is 5.75. The predicted octanol–water partition coefficient (Wildman–Crippen LogP) is 4.35. The Morgan fingerprint density at radius 2 is 1.38 bits per heavy atom. The molecule has 5 nitrogen and oxygen atoms in total. The molecule has 0 fully saturated rings. The van der Waals surface area contributed by atoms with Crippen molar-refractivity contribution in [2.45, 2.75) is 96.4 Å². The van der Waals surface area contributed by atoms with Gasteiger partial charge in [-0.3, -0.25) is 4.79 Å². The SMILES string of the molecule is CCCCCCCCCCCC(=O)NCCCCC(C(=O)O)[N+](C)(C)C. The number of likely N-dealkylation sites (N-methyl/N-ethyl adjacent to an activating group) is 1. The van der Waals surface area contributed by atoms with Crippen molar-refractivity contribution in [1.82, 2.24) is 5.32 Å². The minimum atomic E-state index is -0.744. The molecule has 0 bridgehead atoms.